The van der Waals surface area contributed by atoms with Crippen LogP contribution in [0.4, 0.5) is 10.2 Å². The topological polar surface area (TPSA) is 80.2 Å². The molecule has 5 heterocycles. The summed E-state index contributed by atoms with van der Waals surface area (Å²) in [6.45, 7) is 6.64. The van der Waals surface area contributed by atoms with Gasteiger partial charge in [-0.05, 0) is 54.8 Å². The summed E-state index contributed by atoms with van der Waals surface area (Å²) in [5.74, 6) is 0.686. The van der Waals surface area contributed by atoms with Crippen LogP contribution < -0.4 is 26.1 Å². The number of ether oxygens (including phenoxy) is 1. The molecular weight excluding hydrogens is 512 g/mol. The lowest BCUT2D eigenvalue weighted by Crippen LogP contribution is -2.40. The van der Waals surface area contributed by atoms with Gasteiger partial charge in [0.1, 0.15) is 5.82 Å². The fraction of sp³-hybridized carbons (Fsp3) is 0.333. The molecule has 3 aromatic heterocycles. The van der Waals surface area contributed by atoms with Crippen molar-refractivity contribution >= 4 is 38.4 Å². The van der Waals surface area contributed by atoms with Gasteiger partial charge in [0, 0.05) is 48.5 Å². The highest BCUT2D eigenvalue weighted by molar-refractivity contribution is 7.28. The number of aromatic nitrogens is 3. The number of pyridine rings is 3. The number of carbonyl (C=O) groups excluding carboxylic acids is 1. The summed E-state index contributed by atoms with van der Waals surface area (Å²) in [6.07, 6.45) is 10.1. The monoisotopic (exact) mass is 545 g/mol. The highest BCUT2D eigenvalue weighted by Crippen LogP contribution is 2.27. The van der Waals surface area contributed by atoms with E-state index in [0.717, 1.165) is 58.0 Å². The maximum atomic E-state index is 14.3. The van der Waals surface area contributed by atoms with Crippen LogP contribution in [0.5, 0.6) is 0 Å². The molecule has 0 spiro atoms. The smallest absolute Gasteiger partial charge is 0.253 e. The molecule has 0 saturated carbocycles. The predicted molar refractivity (Wildman–Crippen MR) is 156 cm³/mol. The number of alkyl halides is 1. The van der Waals surface area contributed by atoms with Crippen LogP contribution in [0.2, 0.25) is 0 Å². The number of halogens is 1. The van der Waals surface area contributed by atoms with Gasteiger partial charge in [0.2, 0.25) is 0 Å². The number of amides is 1. The molecule has 3 aromatic rings. The van der Waals surface area contributed by atoms with Gasteiger partial charge in [-0.3, -0.25) is 9.78 Å². The minimum atomic E-state index is -1.27. The highest BCUT2D eigenvalue weighted by Gasteiger charge is 2.23. The Balaban J connectivity index is 1.41. The Morgan fingerprint density at radius 2 is 2.13 bits per heavy atom. The van der Waals surface area contributed by atoms with Gasteiger partial charge in [0.05, 0.1) is 35.5 Å². The van der Waals surface area contributed by atoms with Crippen molar-refractivity contribution < 1.29 is 13.9 Å². The van der Waals surface area contributed by atoms with Gasteiger partial charge in [0.15, 0.2) is 6.17 Å². The summed E-state index contributed by atoms with van der Waals surface area (Å²) < 4.78 is 19.5. The Labute approximate surface area is 230 Å². The lowest BCUT2D eigenvalue weighted by molar-refractivity contribution is 0.0484. The number of fused-ring (bicyclic) bond motifs is 1. The van der Waals surface area contributed by atoms with Crippen molar-refractivity contribution in [2.24, 2.45) is 0 Å². The van der Waals surface area contributed by atoms with Gasteiger partial charge in [-0.25, -0.2) is 14.4 Å². The molecule has 0 aliphatic carbocycles. The molecule has 1 fully saturated rings. The molecule has 0 bridgehead atoms. The summed E-state index contributed by atoms with van der Waals surface area (Å²) in [5.41, 5.74) is 4.13. The van der Waals surface area contributed by atoms with Gasteiger partial charge in [-0.2, -0.15) is 0 Å². The minimum absolute atomic E-state index is 0.0157. The number of carbonyl (C=O) groups is 1. The first kappa shape index (κ1) is 27.1. The molecule has 2 atom stereocenters. The third-order valence-corrected chi connectivity index (χ3v) is 7.59. The standard InChI is InChI=1S/C30H33FN5O2P/c1-3-6-19(15-34-30(37)21-14-23-24(31)17-38-18-27(23)33-16-21)13-26-20(4-2)7-8-25(35-26)22-9-10-32-29(28(22)39)36-11-5-12-36/h4,6-10,13-14,16,24H,3,5,11-12,15,17-18,39H2,1-2H3,(H,34,37)/b19-6-,20-4-,26-13+. The van der Waals surface area contributed by atoms with Crippen molar-refractivity contribution in [2.45, 2.75) is 39.5 Å². The molecule has 2 aliphatic rings. The van der Waals surface area contributed by atoms with E-state index in [1.165, 1.54) is 12.6 Å². The molecule has 202 valence electrons. The third-order valence-electron chi connectivity index (χ3n) is 7.02. The molecule has 5 rings (SSSR count). The van der Waals surface area contributed by atoms with Crippen molar-refractivity contribution in [1.29, 1.82) is 0 Å². The molecule has 1 saturated heterocycles. The summed E-state index contributed by atoms with van der Waals surface area (Å²) in [7, 11) is 2.84. The first-order chi connectivity index (χ1) is 19.0. The normalized spacial score (nSPS) is 18.1. The van der Waals surface area contributed by atoms with E-state index in [1.807, 2.05) is 37.4 Å². The molecular formula is C30H33FN5O2P. The second kappa shape index (κ2) is 12.1. The number of allylic oxidation sites excluding steroid dienone is 1. The number of nitrogens with one attached hydrogen (secondary N) is 1. The maximum Gasteiger partial charge on any atom is 0.253 e. The van der Waals surface area contributed by atoms with Crippen LogP contribution in [0.3, 0.4) is 0 Å². The third kappa shape index (κ3) is 5.92. The first-order valence-corrected chi connectivity index (χ1v) is 13.9. The largest absolute Gasteiger partial charge is 0.372 e. The van der Waals surface area contributed by atoms with Gasteiger partial charge in [0.25, 0.3) is 5.91 Å². The highest BCUT2D eigenvalue weighted by atomic mass is 31.0. The molecule has 1 N–H and O–H groups in total. The Morgan fingerprint density at radius 1 is 1.28 bits per heavy atom. The molecule has 39 heavy (non-hydrogen) atoms. The Morgan fingerprint density at radius 3 is 2.87 bits per heavy atom. The average molecular weight is 546 g/mol. The van der Waals surface area contributed by atoms with Gasteiger partial charge in [-0.1, -0.05) is 25.1 Å². The number of hydrogen-bond acceptors (Lipinski definition) is 6. The van der Waals surface area contributed by atoms with Gasteiger partial charge in [-0.15, -0.1) is 9.24 Å². The van der Waals surface area contributed by atoms with Crippen molar-refractivity contribution in [3.63, 3.8) is 0 Å². The zero-order chi connectivity index (χ0) is 27.4. The average Bonchev–Trinajstić information content (AvgIpc) is 2.92. The number of nitrogens with zero attached hydrogens (tertiary/aromatic N) is 4. The van der Waals surface area contributed by atoms with Crippen molar-refractivity contribution in [2.75, 3.05) is 31.1 Å². The van der Waals surface area contributed by atoms with Crippen molar-refractivity contribution in [3.8, 4) is 11.3 Å². The summed E-state index contributed by atoms with van der Waals surface area (Å²) in [5, 5.41) is 5.84. The van der Waals surface area contributed by atoms with Gasteiger partial charge < -0.3 is 15.0 Å². The van der Waals surface area contributed by atoms with Crippen LogP contribution in [0.1, 0.15) is 54.5 Å². The molecule has 2 aliphatic heterocycles. The zero-order valence-electron chi connectivity index (χ0n) is 22.3. The van der Waals surface area contributed by atoms with Crippen molar-refractivity contribution in [1.82, 2.24) is 20.3 Å². The second-order valence-electron chi connectivity index (χ2n) is 9.65. The van der Waals surface area contributed by atoms with E-state index in [4.69, 9.17) is 9.72 Å². The summed E-state index contributed by atoms with van der Waals surface area (Å²) in [4.78, 5) is 29.1. The molecule has 0 radical (unpaired) electrons. The quantitative estimate of drug-likeness (QED) is 0.460. The summed E-state index contributed by atoms with van der Waals surface area (Å²) in [6, 6.07) is 7.68. The van der Waals surface area contributed by atoms with Crippen LogP contribution in [0.15, 0.2) is 48.3 Å². The lowest BCUT2D eigenvalue weighted by Gasteiger charge is -2.33. The fourth-order valence-electron chi connectivity index (χ4n) is 4.74. The first-order valence-electron chi connectivity index (χ1n) is 13.3. The summed E-state index contributed by atoms with van der Waals surface area (Å²) >= 11 is 0. The Kier molecular flexibility index (Phi) is 8.44. The number of anilines is 1. The maximum absolute atomic E-state index is 14.3. The van der Waals surface area contributed by atoms with Crippen LogP contribution in [-0.2, 0) is 11.3 Å². The Bertz CT molecular complexity index is 1540. The molecule has 0 aromatic carbocycles. The molecule has 7 nitrogen and oxygen atoms in total. The van der Waals surface area contributed by atoms with Crippen LogP contribution in [-0.4, -0.2) is 47.1 Å². The minimum Gasteiger partial charge on any atom is -0.372 e. The Hall–Kier alpha value is -3.48. The van der Waals surface area contributed by atoms with E-state index in [0.29, 0.717) is 23.4 Å². The van der Waals surface area contributed by atoms with Crippen molar-refractivity contribution in [3.05, 3.63) is 75.7 Å². The van der Waals surface area contributed by atoms with E-state index in [1.54, 1.807) is 6.07 Å². The van der Waals surface area contributed by atoms with Crippen LogP contribution in [0.25, 0.3) is 23.4 Å². The fourth-order valence-corrected chi connectivity index (χ4v) is 5.24. The SMILES string of the molecule is C/C=c1/ccc(-c2ccnc(N3CCC3)c2P)n/c1=C/C(=C/CC)CNC(=O)c1cnc2c(c1)C(F)COC2. The van der Waals surface area contributed by atoms with Gasteiger partial charge >= 0.3 is 0 Å². The molecule has 9 heteroatoms. The van der Waals surface area contributed by atoms with E-state index >= 15 is 0 Å². The van der Waals surface area contributed by atoms with E-state index < -0.39 is 6.17 Å². The van der Waals surface area contributed by atoms with E-state index in [-0.39, 0.29) is 19.1 Å². The van der Waals surface area contributed by atoms with E-state index in [9.17, 15) is 9.18 Å². The number of hydrogen-bond donors (Lipinski definition) is 1. The van der Waals surface area contributed by atoms with Crippen LogP contribution in [0, 0.1) is 0 Å². The molecule has 1 amide bonds. The van der Waals surface area contributed by atoms with E-state index in [2.05, 4.69) is 48.5 Å². The zero-order valence-corrected chi connectivity index (χ0v) is 23.4. The molecule has 2 unspecified atom stereocenters. The number of rotatable bonds is 7. The predicted octanol–water partition coefficient (Wildman–Crippen LogP) is 3.14. The second-order valence-corrected chi connectivity index (χ2v) is 10.2. The van der Waals surface area contributed by atoms with Crippen LogP contribution >= 0.6 is 9.24 Å². The lowest BCUT2D eigenvalue weighted by atomic mass is 10.0.